The zero-order chi connectivity index (χ0) is 15.6. The van der Waals surface area contributed by atoms with Crippen LogP contribution in [-0.4, -0.2) is 33.3 Å². The van der Waals surface area contributed by atoms with E-state index < -0.39 is 0 Å². The first-order valence-electron chi connectivity index (χ1n) is 8.27. The monoisotopic (exact) mass is 307 g/mol. The van der Waals surface area contributed by atoms with Gasteiger partial charge in [-0.1, -0.05) is 36.4 Å². The molecule has 0 amide bonds. The molecule has 2 atom stereocenters. The minimum absolute atomic E-state index is 0.133. The Morgan fingerprint density at radius 3 is 2.78 bits per heavy atom. The molecule has 1 saturated heterocycles. The number of hydrogen-bond donors (Lipinski definition) is 1. The van der Waals surface area contributed by atoms with E-state index in [9.17, 15) is 0 Å². The molecule has 4 rings (SSSR count). The van der Waals surface area contributed by atoms with Gasteiger partial charge in [0.15, 0.2) is 5.82 Å². The molecule has 23 heavy (non-hydrogen) atoms. The lowest BCUT2D eigenvalue weighted by Crippen LogP contribution is -2.36. The standard InChI is InChI=1S/C18H21N5/c1-13-20-22-23(21-13)18(17-7-4-10-19-12-17)16-9-8-14-5-2-3-6-15(14)11-16/h2-3,5-6,8-9,11,17-19H,4,7,10,12H2,1H3/t17-,18+/m0/s1. The molecule has 0 aliphatic carbocycles. The smallest absolute Gasteiger partial charge is 0.171 e. The maximum absolute atomic E-state index is 4.51. The van der Waals surface area contributed by atoms with Gasteiger partial charge in [-0.05, 0) is 59.8 Å². The van der Waals surface area contributed by atoms with Crippen LogP contribution in [0, 0.1) is 12.8 Å². The van der Waals surface area contributed by atoms with Crippen molar-refractivity contribution in [1.29, 1.82) is 0 Å². The molecular formula is C18H21N5. The molecule has 5 heteroatoms. The summed E-state index contributed by atoms with van der Waals surface area (Å²) in [5.74, 6) is 1.21. The van der Waals surface area contributed by atoms with E-state index >= 15 is 0 Å². The van der Waals surface area contributed by atoms with Crippen LogP contribution in [0.2, 0.25) is 0 Å². The first-order chi connectivity index (χ1) is 11.3. The fourth-order valence-electron chi connectivity index (χ4n) is 3.55. The lowest BCUT2D eigenvalue weighted by molar-refractivity contribution is 0.261. The van der Waals surface area contributed by atoms with Crippen molar-refractivity contribution in [3.63, 3.8) is 0 Å². The summed E-state index contributed by atoms with van der Waals surface area (Å²) in [6.45, 7) is 3.99. The van der Waals surface area contributed by atoms with Crippen LogP contribution in [0.25, 0.3) is 10.8 Å². The number of rotatable bonds is 3. The van der Waals surface area contributed by atoms with Crippen LogP contribution in [0.15, 0.2) is 42.5 Å². The first kappa shape index (κ1) is 14.3. The predicted molar refractivity (Wildman–Crippen MR) is 90.2 cm³/mol. The maximum Gasteiger partial charge on any atom is 0.171 e. The van der Waals surface area contributed by atoms with Crippen LogP contribution in [0.3, 0.4) is 0 Å². The quantitative estimate of drug-likeness (QED) is 0.808. The Kier molecular flexibility index (Phi) is 3.79. The van der Waals surface area contributed by atoms with Gasteiger partial charge >= 0.3 is 0 Å². The molecule has 0 spiro atoms. The fraction of sp³-hybridized carbons (Fsp3) is 0.389. The summed E-state index contributed by atoms with van der Waals surface area (Å²) in [6.07, 6.45) is 2.38. The molecule has 1 aromatic heterocycles. The van der Waals surface area contributed by atoms with Crippen molar-refractivity contribution >= 4 is 10.8 Å². The van der Waals surface area contributed by atoms with Crippen LogP contribution in [0.5, 0.6) is 0 Å². The second-order valence-electron chi connectivity index (χ2n) is 6.31. The lowest BCUT2D eigenvalue weighted by atomic mass is 9.87. The minimum atomic E-state index is 0.133. The summed E-state index contributed by atoms with van der Waals surface area (Å²) in [5.41, 5.74) is 1.26. The van der Waals surface area contributed by atoms with Gasteiger partial charge in [0.2, 0.25) is 0 Å². The second kappa shape index (κ2) is 6.08. The summed E-state index contributed by atoms with van der Waals surface area (Å²) >= 11 is 0. The molecule has 118 valence electrons. The molecule has 0 bridgehead atoms. The van der Waals surface area contributed by atoms with E-state index in [2.05, 4.69) is 63.2 Å². The van der Waals surface area contributed by atoms with E-state index in [1.807, 2.05) is 6.92 Å². The van der Waals surface area contributed by atoms with Gasteiger partial charge in [-0.3, -0.25) is 0 Å². The maximum atomic E-state index is 4.51. The number of fused-ring (bicyclic) bond motifs is 1. The molecular weight excluding hydrogens is 286 g/mol. The second-order valence-corrected chi connectivity index (χ2v) is 6.31. The Balaban J connectivity index is 1.78. The molecule has 1 N–H and O–H groups in total. The van der Waals surface area contributed by atoms with Crippen LogP contribution in [0.1, 0.15) is 30.3 Å². The number of aryl methyl sites for hydroxylation is 1. The summed E-state index contributed by atoms with van der Waals surface area (Å²) in [5, 5.41) is 18.9. The van der Waals surface area contributed by atoms with Gasteiger partial charge in [-0.25, -0.2) is 0 Å². The van der Waals surface area contributed by atoms with Crippen molar-refractivity contribution in [3.8, 4) is 0 Å². The molecule has 1 fully saturated rings. The van der Waals surface area contributed by atoms with Gasteiger partial charge in [0, 0.05) is 6.54 Å². The first-order valence-corrected chi connectivity index (χ1v) is 8.27. The summed E-state index contributed by atoms with van der Waals surface area (Å²) in [6, 6.07) is 15.3. The topological polar surface area (TPSA) is 55.6 Å². The van der Waals surface area contributed by atoms with Crippen molar-refractivity contribution in [2.75, 3.05) is 13.1 Å². The number of benzene rings is 2. The molecule has 0 radical (unpaired) electrons. The van der Waals surface area contributed by atoms with E-state index in [4.69, 9.17) is 0 Å². The zero-order valence-electron chi connectivity index (χ0n) is 13.3. The van der Waals surface area contributed by atoms with E-state index in [1.165, 1.54) is 29.2 Å². The van der Waals surface area contributed by atoms with Crippen molar-refractivity contribution in [2.45, 2.75) is 25.8 Å². The molecule has 1 aliphatic heterocycles. The van der Waals surface area contributed by atoms with Crippen molar-refractivity contribution < 1.29 is 0 Å². The molecule has 0 unspecified atom stereocenters. The van der Waals surface area contributed by atoms with Crippen LogP contribution in [-0.2, 0) is 0 Å². The number of tetrazole rings is 1. The molecule has 2 aromatic carbocycles. The largest absolute Gasteiger partial charge is 0.316 e. The average molecular weight is 307 g/mol. The van der Waals surface area contributed by atoms with Crippen molar-refractivity contribution in [3.05, 3.63) is 53.9 Å². The van der Waals surface area contributed by atoms with E-state index in [0.717, 1.165) is 18.9 Å². The molecule has 0 saturated carbocycles. The fourth-order valence-corrected chi connectivity index (χ4v) is 3.55. The van der Waals surface area contributed by atoms with Crippen LogP contribution in [0.4, 0.5) is 0 Å². The highest BCUT2D eigenvalue weighted by Crippen LogP contribution is 2.31. The van der Waals surface area contributed by atoms with Crippen molar-refractivity contribution in [2.24, 2.45) is 5.92 Å². The SMILES string of the molecule is Cc1nnn([C@H](c2ccc3ccccc3c2)[C@H]2CCCNC2)n1. The highest BCUT2D eigenvalue weighted by molar-refractivity contribution is 5.83. The molecule has 5 nitrogen and oxygen atoms in total. The van der Waals surface area contributed by atoms with Gasteiger partial charge in [0.05, 0.1) is 0 Å². The van der Waals surface area contributed by atoms with Gasteiger partial charge in [-0.2, -0.15) is 4.80 Å². The minimum Gasteiger partial charge on any atom is -0.316 e. The number of nitrogens with one attached hydrogen (secondary N) is 1. The molecule has 2 heterocycles. The summed E-state index contributed by atoms with van der Waals surface area (Å²) < 4.78 is 0. The Bertz CT molecular complexity index is 804. The predicted octanol–water partition coefficient (Wildman–Crippen LogP) is 2.72. The molecule has 1 aliphatic rings. The Labute approximate surface area is 135 Å². The number of nitrogens with zero attached hydrogens (tertiary/aromatic N) is 4. The summed E-state index contributed by atoms with van der Waals surface area (Å²) in [4.78, 5) is 1.80. The van der Waals surface area contributed by atoms with E-state index in [0.29, 0.717) is 5.92 Å². The third-order valence-electron chi connectivity index (χ3n) is 4.67. The zero-order valence-corrected chi connectivity index (χ0v) is 13.3. The van der Waals surface area contributed by atoms with E-state index in [1.54, 1.807) is 4.80 Å². The van der Waals surface area contributed by atoms with Crippen molar-refractivity contribution in [1.82, 2.24) is 25.5 Å². The highest BCUT2D eigenvalue weighted by atomic mass is 15.6. The number of hydrogen-bond acceptors (Lipinski definition) is 4. The average Bonchev–Trinajstić information content (AvgIpc) is 3.02. The Morgan fingerprint density at radius 2 is 2.04 bits per heavy atom. The third-order valence-corrected chi connectivity index (χ3v) is 4.67. The normalized spacial score (nSPS) is 19.8. The van der Waals surface area contributed by atoms with Gasteiger partial charge < -0.3 is 5.32 Å². The van der Waals surface area contributed by atoms with E-state index in [-0.39, 0.29) is 6.04 Å². The third kappa shape index (κ3) is 2.84. The van der Waals surface area contributed by atoms with Gasteiger partial charge in [-0.15, -0.1) is 10.2 Å². The summed E-state index contributed by atoms with van der Waals surface area (Å²) in [7, 11) is 0. The highest BCUT2D eigenvalue weighted by Gasteiger charge is 2.28. The Hall–Kier alpha value is -2.27. The van der Waals surface area contributed by atoms with Crippen LogP contribution < -0.4 is 5.32 Å². The van der Waals surface area contributed by atoms with Crippen LogP contribution >= 0.6 is 0 Å². The number of aromatic nitrogens is 4. The molecule has 3 aromatic rings. The number of piperidine rings is 1. The van der Waals surface area contributed by atoms with Gasteiger partial charge in [0.1, 0.15) is 6.04 Å². The lowest BCUT2D eigenvalue weighted by Gasteiger charge is -2.30. The van der Waals surface area contributed by atoms with Gasteiger partial charge in [0.25, 0.3) is 0 Å². The Morgan fingerprint density at radius 1 is 1.17 bits per heavy atom.